The zero-order valence-electron chi connectivity index (χ0n) is 38.1. The largest absolute Gasteiger partial charge is 0.493 e. The third-order valence-corrected chi connectivity index (χ3v) is 14.0. The molecule has 3 aromatic rings. The summed E-state index contributed by atoms with van der Waals surface area (Å²) in [7, 11) is 2.37. The van der Waals surface area contributed by atoms with Crippen LogP contribution in [-0.2, 0) is 46.9 Å². The van der Waals surface area contributed by atoms with Crippen LogP contribution in [0.4, 0.5) is 23.7 Å². The number of halogens is 4. The van der Waals surface area contributed by atoms with E-state index >= 15 is 0 Å². The van der Waals surface area contributed by atoms with Crippen LogP contribution < -0.4 is 14.4 Å². The summed E-state index contributed by atoms with van der Waals surface area (Å²) >= 11 is 6.28. The van der Waals surface area contributed by atoms with Gasteiger partial charge in [0.2, 0.25) is 0 Å². The molecule has 1 aromatic heterocycles. The smallest absolute Gasteiger partial charge is 0.471 e. The zero-order chi connectivity index (χ0) is 47.1. The first-order valence-corrected chi connectivity index (χ1v) is 22.8. The molecule has 1 saturated heterocycles. The van der Waals surface area contributed by atoms with Gasteiger partial charge in [0.15, 0.2) is 0 Å². The molecule has 0 radical (unpaired) electrons. The first kappa shape index (κ1) is 47.9. The molecule has 12 nitrogen and oxygen atoms in total. The van der Waals surface area contributed by atoms with Crippen LogP contribution in [-0.4, -0.2) is 90.7 Å². The van der Waals surface area contributed by atoms with Gasteiger partial charge in [-0.05, 0) is 149 Å². The Labute approximate surface area is 383 Å². The summed E-state index contributed by atoms with van der Waals surface area (Å²) in [6.07, 6.45) is -0.0872. The Kier molecular flexibility index (Phi) is 13.8. The minimum absolute atomic E-state index is 0.0388. The highest BCUT2D eigenvalue weighted by Crippen LogP contribution is 2.58. The van der Waals surface area contributed by atoms with Crippen molar-refractivity contribution in [2.75, 3.05) is 32.3 Å². The van der Waals surface area contributed by atoms with E-state index in [1.54, 1.807) is 27.0 Å². The lowest BCUT2D eigenvalue weighted by molar-refractivity contribution is -0.174. The number of esters is 2. The molecule has 1 aliphatic heterocycles. The van der Waals surface area contributed by atoms with Gasteiger partial charge in [0.1, 0.15) is 34.8 Å². The third-order valence-electron chi connectivity index (χ3n) is 13.8. The Hall–Kier alpha value is -5.05. The van der Waals surface area contributed by atoms with E-state index in [0.717, 1.165) is 54.5 Å². The van der Waals surface area contributed by atoms with Crippen LogP contribution in [0.25, 0.3) is 0 Å². The number of hydrogen-bond donors (Lipinski definition) is 0. The fourth-order valence-electron chi connectivity index (χ4n) is 10.9. The molecule has 2 amide bonds. The number of alkyl halides is 3. The van der Waals surface area contributed by atoms with Gasteiger partial charge in [0, 0.05) is 34.6 Å². The molecule has 2 heterocycles. The Bertz CT molecular complexity index is 2270. The van der Waals surface area contributed by atoms with Crippen LogP contribution in [0.2, 0.25) is 5.02 Å². The van der Waals surface area contributed by atoms with Crippen molar-refractivity contribution in [2.45, 2.75) is 140 Å². The van der Waals surface area contributed by atoms with E-state index in [1.807, 2.05) is 24.3 Å². The minimum atomic E-state index is -5.32. The Morgan fingerprint density at radius 3 is 2.40 bits per heavy atom. The number of fused-ring (bicyclic) bond motifs is 3. The number of amides is 2. The predicted octanol–water partition coefficient (Wildman–Crippen LogP) is 9.70. The summed E-state index contributed by atoms with van der Waals surface area (Å²) < 4.78 is 72.7. The van der Waals surface area contributed by atoms with E-state index in [0.29, 0.717) is 36.0 Å². The highest BCUT2D eigenvalue weighted by Gasteiger charge is 2.60. The second-order valence-corrected chi connectivity index (χ2v) is 19.7. The monoisotopic (exact) mass is 925 g/mol. The van der Waals surface area contributed by atoms with Crippen LogP contribution in [0.1, 0.15) is 114 Å². The van der Waals surface area contributed by atoms with Gasteiger partial charge in [-0.2, -0.15) is 13.2 Å². The van der Waals surface area contributed by atoms with Crippen molar-refractivity contribution in [3.8, 4) is 11.5 Å². The molecule has 0 N–H and O–H groups in total. The van der Waals surface area contributed by atoms with Crippen molar-refractivity contribution in [1.82, 2.24) is 9.88 Å². The summed E-state index contributed by atoms with van der Waals surface area (Å²) in [5.74, 6) is -2.10. The second kappa shape index (κ2) is 18.7. The van der Waals surface area contributed by atoms with Crippen molar-refractivity contribution < 1.29 is 56.0 Å². The summed E-state index contributed by atoms with van der Waals surface area (Å²) in [5.41, 5.74) is 0.542. The van der Waals surface area contributed by atoms with Gasteiger partial charge < -0.3 is 23.7 Å². The number of aromatic nitrogens is 1. The fourth-order valence-corrected chi connectivity index (χ4v) is 11.1. The number of carbonyl (C=O) groups is 4. The number of anilines is 1. The molecule has 3 aliphatic carbocycles. The van der Waals surface area contributed by atoms with Gasteiger partial charge in [-0.25, -0.2) is 14.4 Å². The fraction of sp³-hybridized carbons (Fsp3) is 0.571. The lowest BCUT2D eigenvalue weighted by Crippen LogP contribution is -2.63. The molecule has 16 heteroatoms. The standard InChI is InChI=1S/C49H59ClF3N3O9/c1-29(28-63-40-16-21-54-38-13-8-10-30(2)41(38)40)22-32-23-31-14-15-35(64-36-26-39(42(57)61-6)55(27-36)45(60)65-46(3,4)5)25-37(31)47(32)17-19-48(20-18-47,44(59)62-7)56(43(58)49(51,52)53)34-12-9-11-33(50)24-34/h9,11-12,14-16,21,24-25,29-30,32,36,39H,8,10,13,17-20,22-23,26-28H2,1-7H3/t29-,30-,32+,36+,39+,47?,48?/m1/s1. The topological polar surface area (TPSA) is 134 Å². The lowest BCUT2D eigenvalue weighted by Gasteiger charge is -2.51. The Balaban J connectivity index is 1.22. The number of aryl methyl sites for hydroxylation is 1. The highest BCUT2D eigenvalue weighted by molar-refractivity contribution is 6.31. The maximum Gasteiger partial charge on any atom is 0.471 e. The van der Waals surface area contributed by atoms with E-state index in [2.05, 4.69) is 18.8 Å². The normalized spacial score (nSPS) is 25.6. The molecular weight excluding hydrogens is 867 g/mol. The first-order chi connectivity index (χ1) is 30.7. The maximum absolute atomic E-state index is 14.6. The average molecular weight is 926 g/mol. The van der Waals surface area contributed by atoms with Crippen LogP contribution in [0, 0.1) is 11.8 Å². The predicted molar refractivity (Wildman–Crippen MR) is 236 cm³/mol. The third kappa shape index (κ3) is 9.76. The summed E-state index contributed by atoms with van der Waals surface area (Å²) in [6.45, 7) is 10.0. The molecule has 2 fully saturated rings. The molecule has 4 aliphatic rings. The molecule has 0 bridgehead atoms. The van der Waals surface area contributed by atoms with Crippen molar-refractivity contribution in [2.24, 2.45) is 11.8 Å². The number of rotatable bonds is 11. The quantitative estimate of drug-likeness (QED) is 0.135. The summed E-state index contributed by atoms with van der Waals surface area (Å²) in [4.78, 5) is 60.2. The Morgan fingerprint density at radius 2 is 1.74 bits per heavy atom. The van der Waals surface area contributed by atoms with Gasteiger partial charge in [-0.3, -0.25) is 19.6 Å². The number of methoxy groups -OCH3 is 2. The van der Waals surface area contributed by atoms with Gasteiger partial charge in [0.05, 0.1) is 27.4 Å². The van der Waals surface area contributed by atoms with Crippen LogP contribution in [0.3, 0.4) is 0 Å². The van der Waals surface area contributed by atoms with Gasteiger partial charge in [-0.15, -0.1) is 0 Å². The second-order valence-electron chi connectivity index (χ2n) is 19.3. The molecule has 7 rings (SSSR count). The van der Waals surface area contributed by atoms with Crippen molar-refractivity contribution in [1.29, 1.82) is 0 Å². The van der Waals surface area contributed by atoms with E-state index in [4.69, 9.17) is 35.3 Å². The van der Waals surface area contributed by atoms with Crippen LogP contribution in [0.5, 0.6) is 11.5 Å². The SMILES string of the molecule is COC(=O)[C@@H]1C[C@H](Oc2ccc3c(c2)C2(CCC(C(=O)OC)(N(C(=O)C(F)(F)F)c4cccc(Cl)c4)CC2)[C@@H](C[C@@H](C)COc2ccnc4c2[C@H](C)CCC4)C3)CN1C(=O)OC(C)(C)C. The van der Waals surface area contributed by atoms with Gasteiger partial charge in [-0.1, -0.05) is 37.6 Å². The number of nitrogens with zero attached hydrogens (tertiary/aromatic N) is 3. The minimum Gasteiger partial charge on any atom is -0.493 e. The highest BCUT2D eigenvalue weighted by atomic mass is 35.5. The van der Waals surface area contributed by atoms with E-state index in [-0.39, 0.29) is 61.2 Å². The number of pyridine rings is 1. The average Bonchev–Trinajstić information content (AvgIpc) is 3.81. The van der Waals surface area contributed by atoms with Crippen LogP contribution in [0.15, 0.2) is 54.7 Å². The molecule has 1 spiro atoms. The molecule has 1 saturated carbocycles. The van der Waals surface area contributed by atoms with Crippen molar-refractivity contribution >= 4 is 41.2 Å². The number of likely N-dealkylation sites (tertiary alicyclic amines) is 1. The number of ether oxygens (including phenoxy) is 5. The van der Waals surface area contributed by atoms with Crippen LogP contribution >= 0.6 is 11.6 Å². The molecule has 65 heavy (non-hydrogen) atoms. The molecule has 0 unspecified atom stereocenters. The zero-order valence-corrected chi connectivity index (χ0v) is 38.9. The van der Waals surface area contributed by atoms with Crippen molar-refractivity contribution in [3.05, 3.63) is 82.1 Å². The Morgan fingerprint density at radius 1 is 1.00 bits per heavy atom. The number of carbonyl (C=O) groups excluding carboxylic acids is 4. The molecule has 352 valence electrons. The van der Waals surface area contributed by atoms with Gasteiger partial charge in [0.25, 0.3) is 0 Å². The lowest BCUT2D eigenvalue weighted by atomic mass is 9.59. The molecule has 5 atom stereocenters. The number of hydrogen-bond acceptors (Lipinski definition) is 10. The molecule has 2 aromatic carbocycles. The number of benzene rings is 2. The van der Waals surface area contributed by atoms with Gasteiger partial charge >= 0.3 is 30.1 Å². The summed E-state index contributed by atoms with van der Waals surface area (Å²) in [5, 5.41) is 0.0967. The van der Waals surface area contributed by atoms with Crippen molar-refractivity contribution in [3.63, 3.8) is 0 Å². The first-order valence-electron chi connectivity index (χ1n) is 22.4. The van der Waals surface area contributed by atoms with E-state index < -0.39 is 58.8 Å². The van der Waals surface area contributed by atoms with E-state index in [1.165, 1.54) is 36.3 Å². The summed E-state index contributed by atoms with van der Waals surface area (Å²) in [6, 6.07) is 12.3. The maximum atomic E-state index is 14.6. The molecular formula is C49H59ClF3N3O9. The van der Waals surface area contributed by atoms with E-state index in [9.17, 15) is 32.3 Å².